The van der Waals surface area contributed by atoms with Gasteiger partial charge in [0.1, 0.15) is 0 Å². The number of nitrogens with one attached hydrogen (secondary N) is 1. The Balaban J connectivity index is 1.30. The number of nitrogens with zero attached hydrogens (tertiary/aromatic N) is 1. The van der Waals surface area contributed by atoms with E-state index in [1.165, 1.54) is 28.2 Å². The van der Waals surface area contributed by atoms with E-state index in [0.717, 1.165) is 38.6 Å². The minimum absolute atomic E-state index is 0.741. The Kier molecular flexibility index (Phi) is 5.38. The molecule has 0 unspecified atom stereocenters. The first-order chi connectivity index (χ1) is 10.4. The van der Waals surface area contributed by atoms with Gasteiger partial charge >= 0.3 is 0 Å². The van der Waals surface area contributed by atoms with Gasteiger partial charge in [-0.1, -0.05) is 0 Å². The molecule has 1 aliphatic rings. The SMILES string of the molecule is c1cc(CCCOCc2ccc(CNC3CC3)s2)ccn1. The minimum atomic E-state index is 0.741. The smallest absolute Gasteiger partial charge is 0.0809 e. The lowest BCUT2D eigenvalue weighted by Gasteiger charge is -2.03. The van der Waals surface area contributed by atoms with Gasteiger partial charge in [0.05, 0.1) is 6.61 Å². The summed E-state index contributed by atoms with van der Waals surface area (Å²) in [5, 5.41) is 3.55. The van der Waals surface area contributed by atoms with E-state index in [4.69, 9.17) is 4.74 Å². The largest absolute Gasteiger partial charge is 0.376 e. The molecule has 4 heteroatoms. The molecule has 0 atom stereocenters. The third-order valence-electron chi connectivity index (χ3n) is 3.61. The first kappa shape index (κ1) is 14.7. The summed E-state index contributed by atoms with van der Waals surface area (Å²) in [6, 6.07) is 9.32. The van der Waals surface area contributed by atoms with Crippen LogP contribution < -0.4 is 5.32 Å². The van der Waals surface area contributed by atoms with Crippen molar-refractivity contribution in [3.05, 3.63) is 52.0 Å². The number of hydrogen-bond acceptors (Lipinski definition) is 4. The molecule has 0 bridgehead atoms. The van der Waals surface area contributed by atoms with E-state index in [9.17, 15) is 0 Å². The molecule has 0 radical (unpaired) electrons. The van der Waals surface area contributed by atoms with Crippen LogP contribution in [0.25, 0.3) is 0 Å². The average Bonchev–Trinajstić information content (AvgIpc) is 3.25. The number of aryl methyl sites for hydroxylation is 1. The van der Waals surface area contributed by atoms with Crippen LogP contribution in [0.5, 0.6) is 0 Å². The van der Waals surface area contributed by atoms with Gasteiger partial charge in [-0.2, -0.15) is 0 Å². The van der Waals surface area contributed by atoms with E-state index in [0.29, 0.717) is 0 Å². The van der Waals surface area contributed by atoms with E-state index >= 15 is 0 Å². The summed E-state index contributed by atoms with van der Waals surface area (Å²) in [4.78, 5) is 6.77. The zero-order chi connectivity index (χ0) is 14.3. The summed E-state index contributed by atoms with van der Waals surface area (Å²) in [7, 11) is 0. The third-order valence-corrected chi connectivity index (χ3v) is 4.67. The maximum Gasteiger partial charge on any atom is 0.0809 e. The van der Waals surface area contributed by atoms with Gasteiger partial charge in [-0.05, 0) is 55.5 Å². The quantitative estimate of drug-likeness (QED) is 0.719. The number of ether oxygens (including phenoxy) is 1. The monoisotopic (exact) mass is 302 g/mol. The van der Waals surface area contributed by atoms with Crippen molar-refractivity contribution in [2.24, 2.45) is 0 Å². The lowest BCUT2D eigenvalue weighted by molar-refractivity contribution is 0.121. The van der Waals surface area contributed by atoms with E-state index in [-0.39, 0.29) is 0 Å². The summed E-state index contributed by atoms with van der Waals surface area (Å²) < 4.78 is 5.77. The van der Waals surface area contributed by atoms with Crippen LogP contribution in [0.4, 0.5) is 0 Å². The summed E-state index contributed by atoms with van der Waals surface area (Å²) in [5.74, 6) is 0. The van der Waals surface area contributed by atoms with Crippen molar-refractivity contribution in [3.63, 3.8) is 0 Å². The Hall–Kier alpha value is -1.23. The maximum absolute atomic E-state index is 5.77. The topological polar surface area (TPSA) is 34.1 Å². The van der Waals surface area contributed by atoms with Crippen molar-refractivity contribution in [1.82, 2.24) is 10.3 Å². The Morgan fingerprint density at radius 1 is 1.14 bits per heavy atom. The fraction of sp³-hybridized carbons (Fsp3) is 0.471. The molecule has 0 saturated heterocycles. The molecule has 0 amide bonds. The second kappa shape index (κ2) is 7.69. The van der Waals surface area contributed by atoms with Crippen molar-refractivity contribution in [2.45, 2.75) is 44.9 Å². The summed E-state index contributed by atoms with van der Waals surface area (Å²) in [5.41, 5.74) is 1.33. The van der Waals surface area contributed by atoms with E-state index in [1.54, 1.807) is 0 Å². The summed E-state index contributed by atoms with van der Waals surface area (Å²) in [6.07, 6.45) is 8.50. The van der Waals surface area contributed by atoms with E-state index in [1.807, 2.05) is 23.7 Å². The second-order valence-corrected chi connectivity index (χ2v) is 6.79. The third kappa shape index (κ3) is 5.23. The number of aromatic nitrogens is 1. The molecule has 1 N–H and O–H groups in total. The lowest BCUT2D eigenvalue weighted by Crippen LogP contribution is -2.14. The molecule has 1 saturated carbocycles. The molecule has 2 aromatic rings. The van der Waals surface area contributed by atoms with Crippen molar-refractivity contribution < 1.29 is 4.74 Å². The van der Waals surface area contributed by atoms with Gasteiger partial charge in [0.25, 0.3) is 0 Å². The lowest BCUT2D eigenvalue weighted by atomic mass is 10.1. The number of rotatable bonds is 9. The molecule has 1 fully saturated rings. The van der Waals surface area contributed by atoms with E-state index in [2.05, 4.69) is 34.6 Å². The fourth-order valence-corrected chi connectivity index (χ4v) is 3.13. The highest BCUT2D eigenvalue weighted by atomic mass is 32.1. The highest BCUT2D eigenvalue weighted by Gasteiger charge is 2.20. The zero-order valence-corrected chi connectivity index (χ0v) is 13.1. The zero-order valence-electron chi connectivity index (χ0n) is 12.3. The second-order valence-electron chi connectivity index (χ2n) is 5.53. The molecule has 1 aliphatic carbocycles. The van der Waals surface area contributed by atoms with Crippen molar-refractivity contribution in [2.75, 3.05) is 6.61 Å². The first-order valence-electron chi connectivity index (χ1n) is 7.68. The molecule has 2 heterocycles. The van der Waals surface area contributed by atoms with Crippen LogP contribution >= 0.6 is 11.3 Å². The normalized spacial score (nSPS) is 14.5. The van der Waals surface area contributed by atoms with Crippen molar-refractivity contribution in [3.8, 4) is 0 Å². The molecule has 0 spiro atoms. The van der Waals surface area contributed by atoms with Crippen molar-refractivity contribution in [1.29, 1.82) is 0 Å². The number of hydrogen-bond donors (Lipinski definition) is 1. The van der Waals surface area contributed by atoms with Gasteiger partial charge in [-0.15, -0.1) is 11.3 Å². The summed E-state index contributed by atoms with van der Waals surface area (Å²) in [6.45, 7) is 2.57. The van der Waals surface area contributed by atoms with Crippen LogP contribution in [0, 0.1) is 0 Å². The number of thiophene rings is 1. The summed E-state index contributed by atoms with van der Waals surface area (Å²) >= 11 is 1.86. The predicted octanol–water partition coefficient (Wildman–Crippen LogP) is 3.54. The minimum Gasteiger partial charge on any atom is -0.376 e. The molecule has 21 heavy (non-hydrogen) atoms. The molecular weight excluding hydrogens is 280 g/mol. The number of pyridine rings is 1. The van der Waals surface area contributed by atoms with Gasteiger partial charge in [-0.25, -0.2) is 0 Å². The van der Waals surface area contributed by atoms with Gasteiger partial charge in [-0.3, -0.25) is 4.98 Å². The Morgan fingerprint density at radius 2 is 1.95 bits per heavy atom. The molecule has 0 aliphatic heterocycles. The van der Waals surface area contributed by atoms with Crippen LogP contribution in [-0.2, 0) is 24.3 Å². The highest BCUT2D eigenvalue weighted by molar-refractivity contribution is 7.11. The molecule has 3 nitrogen and oxygen atoms in total. The standard InChI is InChI=1S/C17H22N2OS/c1(2-14-7-9-18-10-8-14)11-20-13-17-6-5-16(21-17)12-19-15-3-4-15/h5-10,15,19H,1-4,11-13H2. The Labute approximate surface area is 130 Å². The Morgan fingerprint density at radius 3 is 2.76 bits per heavy atom. The average molecular weight is 302 g/mol. The predicted molar refractivity (Wildman–Crippen MR) is 86.4 cm³/mol. The molecular formula is C17H22N2OS. The maximum atomic E-state index is 5.77. The van der Waals surface area contributed by atoms with Gasteiger partial charge < -0.3 is 10.1 Å². The molecule has 112 valence electrons. The van der Waals surface area contributed by atoms with Crippen LogP contribution in [-0.4, -0.2) is 17.6 Å². The molecule has 3 rings (SSSR count). The van der Waals surface area contributed by atoms with E-state index < -0.39 is 0 Å². The van der Waals surface area contributed by atoms with Crippen LogP contribution in [0.2, 0.25) is 0 Å². The van der Waals surface area contributed by atoms with Crippen LogP contribution in [0.15, 0.2) is 36.7 Å². The highest BCUT2D eigenvalue weighted by Crippen LogP contribution is 2.22. The van der Waals surface area contributed by atoms with Gasteiger partial charge in [0, 0.05) is 41.3 Å². The van der Waals surface area contributed by atoms with Crippen LogP contribution in [0.1, 0.15) is 34.6 Å². The Bertz CT molecular complexity index is 537. The first-order valence-corrected chi connectivity index (χ1v) is 8.49. The van der Waals surface area contributed by atoms with Gasteiger partial charge in [0.15, 0.2) is 0 Å². The van der Waals surface area contributed by atoms with Crippen LogP contribution in [0.3, 0.4) is 0 Å². The molecule has 2 aromatic heterocycles. The molecule has 0 aromatic carbocycles. The van der Waals surface area contributed by atoms with Crippen molar-refractivity contribution >= 4 is 11.3 Å². The van der Waals surface area contributed by atoms with Gasteiger partial charge in [0.2, 0.25) is 0 Å². The fourth-order valence-electron chi connectivity index (χ4n) is 2.23.